The predicted molar refractivity (Wildman–Crippen MR) is 160 cm³/mol. The SMILES string of the molecule is CC1CN(c2ncc(-c3c(F)cc(N4C[C@@H](C)N(C)[C@@H](C)C4)c(N(C(=O)O)C(=O)c4ccc(F)cc4C(F)(F)F)c3F)cn2)CCO1. The van der Waals surface area contributed by atoms with E-state index in [9.17, 15) is 32.3 Å². The summed E-state index contributed by atoms with van der Waals surface area (Å²) >= 11 is 0. The molecule has 0 aliphatic carbocycles. The van der Waals surface area contributed by atoms with Gasteiger partial charge >= 0.3 is 12.3 Å². The fraction of sp³-hybridized carbons (Fsp3) is 0.419. The van der Waals surface area contributed by atoms with Gasteiger partial charge in [0.15, 0.2) is 5.82 Å². The van der Waals surface area contributed by atoms with Crippen molar-refractivity contribution in [2.45, 2.75) is 45.1 Å². The van der Waals surface area contributed by atoms with Crippen LogP contribution >= 0.6 is 0 Å². The number of hydrogen-bond acceptors (Lipinski definition) is 8. The highest BCUT2D eigenvalue weighted by Crippen LogP contribution is 2.43. The second-order valence-corrected chi connectivity index (χ2v) is 11.7. The number of benzene rings is 2. The molecule has 47 heavy (non-hydrogen) atoms. The monoisotopic (exact) mass is 666 g/mol. The standard InChI is InChI=1S/C31H32F6N6O4/c1-16-13-42(14-17(2)40(16)4)24-10-23(33)25(19-11-38-29(39-12-19)41-7-8-47-18(3)15-41)26(34)27(24)43(30(45)46)28(44)21-6-5-20(32)9-22(21)31(35,36)37/h5-6,9-12,16-18H,7-8,13-15H2,1-4H3,(H,45,46)/t16-,17+,18?. The minimum atomic E-state index is -5.27. The van der Waals surface area contributed by atoms with Gasteiger partial charge in [-0.1, -0.05) is 0 Å². The molecular weight excluding hydrogens is 634 g/mol. The molecule has 1 N–H and O–H groups in total. The summed E-state index contributed by atoms with van der Waals surface area (Å²) in [5.41, 5.74) is -5.39. The number of anilines is 3. The number of likely N-dealkylation sites (N-methyl/N-ethyl adjacent to an activating group) is 1. The molecule has 5 rings (SSSR count). The van der Waals surface area contributed by atoms with E-state index < -0.39 is 58.0 Å². The van der Waals surface area contributed by atoms with Crippen molar-refractivity contribution in [3.05, 3.63) is 65.2 Å². The minimum Gasteiger partial charge on any atom is -0.464 e. The summed E-state index contributed by atoms with van der Waals surface area (Å²) in [6.45, 7) is 7.11. The Morgan fingerprint density at radius 1 is 0.979 bits per heavy atom. The van der Waals surface area contributed by atoms with E-state index in [-0.39, 0.29) is 59.4 Å². The van der Waals surface area contributed by atoms with Gasteiger partial charge in [0.2, 0.25) is 5.95 Å². The Morgan fingerprint density at radius 2 is 1.62 bits per heavy atom. The molecule has 0 saturated carbocycles. The molecule has 0 spiro atoms. The molecule has 2 amide bonds. The summed E-state index contributed by atoms with van der Waals surface area (Å²) in [5, 5.41) is 10.3. The Labute approximate surface area is 266 Å². The zero-order valence-electron chi connectivity index (χ0n) is 25.9. The number of carbonyl (C=O) groups excluding carboxylic acids is 1. The zero-order chi connectivity index (χ0) is 34.4. The van der Waals surface area contributed by atoms with Crippen LogP contribution in [0.3, 0.4) is 0 Å². The Bertz CT molecular complexity index is 1660. The number of carbonyl (C=O) groups is 2. The van der Waals surface area contributed by atoms with E-state index in [4.69, 9.17) is 4.74 Å². The number of ether oxygens (including phenoxy) is 1. The summed E-state index contributed by atoms with van der Waals surface area (Å²) in [7, 11) is 1.83. The van der Waals surface area contributed by atoms with Gasteiger partial charge in [-0.25, -0.2) is 32.8 Å². The maximum Gasteiger partial charge on any atom is 0.419 e. The summed E-state index contributed by atoms with van der Waals surface area (Å²) in [5.74, 6) is -5.58. The molecule has 1 aromatic heterocycles. The van der Waals surface area contributed by atoms with Crippen LogP contribution in [0.1, 0.15) is 36.7 Å². The van der Waals surface area contributed by atoms with Gasteiger partial charge in [-0.3, -0.25) is 9.69 Å². The van der Waals surface area contributed by atoms with E-state index in [0.717, 1.165) is 18.5 Å². The van der Waals surface area contributed by atoms with Crippen LogP contribution in [0.25, 0.3) is 11.1 Å². The van der Waals surface area contributed by atoms with Gasteiger partial charge in [0, 0.05) is 62.3 Å². The number of amides is 2. The summed E-state index contributed by atoms with van der Waals surface area (Å²) < 4.78 is 93.9. The molecule has 3 atom stereocenters. The Balaban J connectivity index is 1.69. The second kappa shape index (κ2) is 13.0. The highest BCUT2D eigenvalue weighted by atomic mass is 19.4. The Morgan fingerprint density at radius 3 is 2.19 bits per heavy atom. The van der Waals surface area contributed by atoms with Gasteiger partial charge < -0.3 is 19.6 Å². The molecule has 2 aliphatic rings. The van der Waals surface area contributed by atoms with Gasteiger partial charge in [-0.2, -0.15) is 13.2 Å². The van der Waals surface area contributed by atoms with E-state index in [0.29, 0.717) is 31.8 Å². The first-order valence-electron chi connectivity index (χ1n) is 14.7. The van der Waals surface area contributed by atoms with Crippen LogP contribution in [0.5, 0.6) is 0 Å². The van der Waals surface area contributed by atoms with Crippen LogP contribution in [0, 0.1) is 17.5 Å². The number of halogens is 6. The lowest BCUT2D eigenvalue weighted by atomic mass is 10.0. The second-order valence-electron chi connectivity index (χ2n) is 11.7. The third-order valence-electron chi connectivity index (χ3n) is 8.46. The summed E-state index contributed by atoms with van der Waals surface area (Å²) in [6, 6.07) is 1.49. The normalized spacial score (nSPS) is 20.8. The molecule has 2 aromatic carbocycles. The Hall–Kier alpha value is -4.44. The highest BCUT2D eigenvalue weighted by molar-refractivity contribution is 6.21. The molecule has 2 saturated heterocycles. The number of rotatable bonds is 5. The molecule has 0 bridgehead atoms. The number of carboxylic acid groups (broad SMARTS) is 1. The molecule has 2 aliphatic heterocycles. The zero-order valence-corrected chi connectivity index (χ0v) is 25.9. The lowest BCUT2D eigenvalue weighted by Gasteiger charge is -2.44. The minimum absolute atomic E-state index is 0.0402. The van der Waals surface area contributed by atoms with Gasteiger partial charge in [-0.15, -0.1) is 0 Å². The quantitative estimate of drug-likeness (QED) is 0.346. The van der Waals surface area contributed by atoms with E-state index in [2.05, 4.69) is 9.97 Å². The van der Waals surface area contributed by atoms with E-state index in [1.54, 1.807) is 4.90 Å². The van der Waals surface area contributed by atoms with Crippen molar-refractivity contribution in [2.75, 3.05) is 54.5 Å². The molecule has 3 aromatic rings. The predicted octanol–water partition coefficient (Wildman–Crippen LogP) is 5.66. The first-order valence-corrected chi connectivity index (χ1v) is 14.7. The first kappa shape index (κ1) is 33.9. The number of imide groups is 1. The molecule has 1 unspecified atom stereocenters. The summed E-state index contributed by atoms with van der Waals surface area (Å²) in [4.78, 5) is 39.9. The van der Waals surface area contributed by atoms with Gasteiger partial charge in [0.1, 0.15) is 17.3 Å². The van der Waals surface area contributed by atoms with Crippen molar-refractivity contribution in [1.29, 1.82) is 0 Å². The molecule has 10 nitrogen and oxygen atoms in total. The first-order chi connectivity index (χ1) is 22.1. The van der Waals surface area contributed by atoms with Crippen LogP contribution in [0.15, 0.2) is 36.7 Å². The van der Waals surface area contributed by atoms with Crippen molar-refractivity contribution in [3.8, 4) is 11.1 Å². The maximum atomic E-state index is 16.8. The van der Waals surface area contributed by atoms with Crippen molar-refractivity contribution >= 4 is 29.3 Å². The van der Waals surface area contributed by atoms with Crippen molar-refractivity contribution in [2.24, 2.45) is 0 Å². The number of hydrogen-bond donors (Lipinski definition) is 1. The van der Waals surface area contributed by atoms with Crippen LogP contribution < -0.4 is 14.7 Å². The van der Waals surface area contributed by atoms with E-state index in [1.165, 1.54) is 4.90 Å². The maximum absolute atomic E-state index is 16.8. The Kier molecular flexibility index (Phi) is 9.37. The number of nitrogens with zero attached hydrogens (tertiary/aromatic N) is 6. The average Bonchev–Trinajstić information content (AvgIpc) is 3.00. The van der Waals surface area contributed by atoms with Crippen LogP contribution in [-0.4, -0.2) is 90.0 Å². The third-order valence-corrected chi connectivity index (χ3v) is 8.46. The van der Waals surface area contributed by atoms with E-state index in [1.807, 2.05) is 32.7 Å². The number of alkyl halides is 3. The fourth-order valence-corrected chi connectivity index (χ4v) is 5.87. The number of morpholine rings is 1. The van der Waals surface area contributed by atoms with Gasteiger partial charge in [-0.05, 0) is 46.0 Å². The number of aromatic nitrogens is 2. The summed E-state index contributed by atoms with van der Waals surface area (Å²) in [6.07, 6.45) is -5.28. The van der Waals surface area contributed by atoms with Crippen molar-refractivity contribution in [3.63, 3.8) is 0 Å². The topological polar surface area (TPSA) is 102 Å². The average molecular weight is 667 g/mol. The molecule has 3 heterocycles. The largest absolute Gasteiger partial charge is 0.464 e. The lowest BCUT2D eigenvalue weighted by molar-refractivity contribution is -0.138. The van der Waals surface area contributed by atoms with E-state index >= 15 is 8.78 Å². The molecule has 2 fully saturated rings. The van der Waals surface area contributed by atoms with Crippen LogP contribution in [-0.2, 0) is 10.9 Å². The van der Waals surface area contributed by atoms with Gasteiger partial charge in [0.25, 0.3) is 5.91 Å². The van der Waals surface area contributed by atoms with Crippen molar-refractivity contribution < 1.29 is 45.8 Å². The van der Waals surface area contributed by atoms with Crippen molar-refractivity contribution in [1.82, 2.24) is 14.9 Å². The highest BCUT2D eigenvalue weighted by Gasteiger charge is 2.41. The fourth-order valence-electron chi connectivity index (χ4n) is 5.87. The molecular formula is C31H32F6N6O4. The molecule has 0 radical (unpaired) electrons. The third kappa shape index (κ3) is 6.70. The van der Waals surface area contributed by atoms with Gasteiger partial charge in [0.05, 0.1) is 35.1 Å². The lowest BCUT2D eigenvalue weighted by Crippen LogP contribution is -2.55. The smallest absolute Gasteiger partial charge is 0.419 e. The number of piperazine rings is 1. The van der Waals surface area contributed by atoms with Crippen LogP contribution in [0.2, 0.25) is 0 Å². The van der Waals surface area contributed by atoms with Crippen LogP contribution in [0.4, 0.5) is 48.5 Å². The molecule has 16 heteroatoms. The molecule has 252 valence electrons.